The normalized spacial score (nSPS) is 11.5. The molecule has 8 heteroatoms. The molecule has 1 heterocycles. The lowest BCUT2D eigenvalue weighted by Gasteiger charge is -2.04. The Labute approximate surface area is 186 Å². The van der Waals surface area contributed by atoms with Gasteiger partial charge in [-0.15, -0.1) is 0 Å². The summed E-state index contributed by atoms with van der Waals surface area (Å²) in [7, 11) is 1.26. The number of halogens is 1. The highest BCUT2D eigenvalue weighted by Crippen LogP contribution is 2.19. The van der Waals surface area contributed by atoms with Gasteiger partial charge in [-0.25, -0.2) is 4.39 Å². The lowest BCUT2D eigenvalue weighted by Crippen LogP contribution is -2.22. The third-order valence-corrected chi connectivity index (χ3v) is 5.83. The number of ether oxygens (including phenoxy) is 1. The summed E-state index contributed by atoms with van der Waals surface area (Å²) in [6.45, 7) is -0.168. The van der Waals surface area contributed by atoms with Crippen LogP contribution in [-0.2, 0) is 16.1 Å². The number of aromatic nitrogens is 1. The molecule has 0 N–H and O–H groups in total. The zero-order chi connectivity index (χ0) is 22.7. The van der Waals surface area contributed by atoms with Gasteiger partial charge in [-0.3, -0.25) is 14.4 Å². The molecule has 0 aliphatic carbocycles. The molecule has 1 aromatic heterocycles. The number of rotatable bonds is 5. The summed E-state index contributed by atoms with van der Waals surface area (Å²) in [5.41, 5.74) is 1.85. The molecule has 0 bridgehead atoms. The highest BCUT2D eigenvalue weighted by atomic mass is 32.1. The first-order valence-electron chi connectivity index (χ1n) is 9.61. The lowest BCUT2D eigenvalue weighted by molar-refractivity contribution is -0.141. The van der Waals surface area contributed by atoms with Gasteiger partial charge in [0.05, 0.1) is 17.3 Å². The molecular formula is C24H17FN2O4S. The quantitative estimate of drug-likeness (QED) is 0.342. The molecule has 0 aliphatic rings. The fraction of sp³-hybridized carbons (Fsp3) is 0.0833. The van der Waals surface area contributed by atoms with Crippen molar-refractivity contribution in [3.05, 3.63) is 100 Å². The van der Waals surface area contributed by atoms with Gasteiger partial charge in [0, 0.05) is 16.7 Å². The van der Waals surface area contributed by atoms with E-state index in [1.54, 1.807) is 36.4 Å². The summed E-state index contributed by atoms with van der Waals surface area (Å²) in [6.07, 6.45) is 0. The minimum Gasteiger partial charge on any atom is -0.468 e. The summed E-state index contributed by atoms with van der Waals surface area (Å²) in [5, 5.41) is 0. The van der Waals surface area contributed by atoms with Crippen LogP contribution in [0.4, 0.5) is 4.39 Å². The first-order valence-corrected chi connectivity index (χ1v) is 10.4. The van der Waals surface area contributed by atoms with Crippen LogP contribution in [0.15, 0.2) is 77.8 Å². The Hall–Kier alpha value is -3.91. The summed E-state index contributed by atoms with van der Waals surface area (Å²) < 4.78 is 20.4. The van der Waals surface area contributed by atoms with Crippen molar-refractivity contribution in [1.29, 1.82) is 0 Å². The number of fused-ring (bicyclic) bond motifs is 1. The van der Waals surface area contributed by atoms with Crippen LogP contribution < -0.4 is 4.80 Å². The number of thiazole rings is 1. The number of ketones is 1. The van der Waals surface area contributed by atoms with Crippen LogP contribution >= 0.6 is 11.3 Å². The molecule has 0 aliphatic heterocycles. The number of carbonyl (C=O) groups excluding carboxylic acids is 3. The molecular weight excluding hydrogens is 431 g/mol. The number of esters is 1. The van der Waals surface area contributed by atoms with Gasteiger partial charge in [0.25, 0.3) is 5.91 Å². The fourth-order valence-corrected chi connectivity index (χ4v) is 4.20. The van der Waals surface area contributed by atoms with Crippen molar-refractivity contribution < 1.29 is 23.5 Å². The molecule has 0 unspecified atom stereocenters. The second-order valence-corrected chi connectivity index (χ2v) is 7.86. The third kappa shape index (κ3) is 4.40. The van der Waals surface area contributed by atoms with E-state index in [9.17, 15) is 18.8 Å². The summed E-state index contributed by atoms with van der Waals surface area (Å²) in [6, 6.07) is 19.2. The minimum absolute atomic E-state index is 0.149. The molecule has 0 saturated carbocycles. The topological polar surface area (TPSA) is 77.7 Å². The molecule has 32 heavy (non-hydrogen) atoms. The molecule has 0 radical (unpaired) electrons. The Bertz CT molecular complexity index is 1390. The van der Waals surface area contributed by atoms with Gasteiger partial charge in [-0.05, 0) is 30.3 Å². The van der Waals surface area contributed by atoms with E-state index in [1.807, 2.05) is 6.07 Å². The van der Waals surface area contributed by atoms with Gasteiger partial charge in [0.1, 0.15) is 12.4 Å². The van der Waals surface area contributed by atoms with E-state index >= 15 is 0 Å². The summed E-state index contributed by atoms with van der Waals surface area (Å²) >= 11 is 1.09. The molecule has 6 nitrogen and oxygen atoms in total. The molecule has 0 atom stereocenters. The maximum absolute atomic E-state index is 13.6. The average molecular weight is 448 g/mol. The third-order valence-electron chi connectivity index (χ3n) is 4.79. The van der Waals surface area contributed by atoms with Crippen LogP contribution in [0.3, 0.4) is 0 Å². The van der Waals surface area contributed by atoms with Gasteiger partial charge < -0.3 is 9.30 Å². The Kier molecular flexibility index (Phi) is 6.04. The monoisotopic (exact) mass is 448 g/mol. The highest BCUT2D eigenvalue weighted by Gasteiger charge is 2.14. The van der Waals surface area contributed by atoms with Crippen LogP contribution in [0, 0.1) is 5.82 Å². The summed E-state index contributed by atoms with van der Waals surface area (Å²) in [4.78, 5) is 41.5. The molecule has 1 amide bonds. The smallest absolute Gasteiger partial charge is 0.325 e. The molecule has 0 fully saturated rings. The number of hydrogen-bond acceptors (Lipinski definition) is 5. The molecule has 3 aromatic carbocycles. The van der Waals surface area contributed by atoms with E-state index in [-0.39, 0.29) is 22.7 Å². The van der Waals surface area contributed by atoms with Crippen molar-refractivity contribution in [2.75, 3.05) is 7.11 Å². The highest BCUT2D eigenvalue weighted by molar-refractivity contribution is 7.16. The Morgan fingerprint density at radius 1 is 0.938 bits per heavy atom. The lowest BCUT2D eigenvalue weighted by atomic mass is 10.0. The number of carbonyl (C=O) groups is 3. The van der Waals surface area contributed by atoms with E-state index in [4.69, 9.17) is 4.74 Å². The summed E-state index contributed by atoms with van der Waals surface area (Å²) in [5.74, 6) is -1.65. The van der Waals surface area contributed by atoms with Crippen LogP contribution in [0.5, 0.6) is 0 Å². The van der Waals surface area contributed by atoms with E-state index in [2.05, 4.69) is 4.99 Å². The van der Waals surface area contributed by atoms with Crippen molar-refractivity contribution in [1.82, 2.24) is 4.57 Å². The largest absolute Gasteiger partial charge is 0.468 e. The fourth-order valence-electron chi connectivity index (χ4n) is 3.15. The number of amides is 1. The van der Waals surface area contributed by atoms with Gasteiger partial charge in [0.15, 0.2) is 10.6 Å². The van der Waals surface area contributed by atoms with Crippen LogP contribution in [0.2, 0.25) is 0 Å². The van der Waals surface area contributed by atoms with E-state index in [0.717, 1.165) is 11.3 Å². The minimum atomic E-state index is -0.547. The number of hydrogen-bond donors (Lipinski definition) is 0. The van der Waals surface area contributed by atoms with E-state index < -0.39 is 17.7 Å². The first kappa shape index (κ1) is 21.3. The second kappa shape index (κ2) is 9.07. The van der Waals surface area contributed by atoms with Gasteiger partial charge in [0.2, 0.25) is 0 Å². The van der Waals surface area contributed by atoms with Crippen LogP contribution in [0.1, 0.15) is 26.3 Å². The Balaban J connectivity index is 1.68. The van der Waals surface area contributed by atoms with Gasteiger partial charge in [-0.1, -0.05) is 53.8 Å². The molecule has 4 rings (SSSR count). The van der Waals surface area contributed by atoms with Crippen molar-refractivity contribution >= 4 is 39.2 Å². The molecule has 160 valence electrons. The van der Waals surface area contributed by atoms with E-state index in [0.29, 0.717) is 21.3 Å². The predicted molar refractivity (Wildman–Crippen MR) is 118 cm³/mol. The number of nitrogens with zero attached hydrogens (tertiary/aromatic N) is 2. The Morgan fingerprint density at radius 2 is 1.59 bits per heavy atom. The maximum Gasteiger partial charge on any atom is 0.325 e. The van der Waals surface area contributed by atoms with Gasteiger partial charge in [-0.2, -0.15) is 4.99 Å². The van der Waals surface area contributed by atoms with Crippen molar-refractivity contribution in [3.8, 4) is 0 Å². The average Bonchev–Trinajstić information content (AvgIpc) is 3.14. The number of benzene rings is 3. The van der Waals surface area contributed by atoms with Crippen LogP contribution in [0.25, 0.3) is 10.2 Å². The van der Waals surface area contributed by atoms with Gasteiger partial charge >= 0.3 is 5.97 Å². The maximum atomic E-state index is 13.6. The molecule has 0 saturated heterocycles. The zero-order valence-corrected chi connectivity index (χ0v) is 17.8. The zero-order valence-electron chi connectivity index (χ0n) is 16.9. The molecule has 0 spiro atoms. The van der Waals surface area contributed by atoms with Crippen molar-refractivity contribution in [2.24, 2.45) is 4.99 Å². The Morgan fingerprint density at radius 3 is 2.28 bits per heavy atom. The molecule has 4 aromatic rings. The van der Waals surface area contributed by atoms with Crippen molar-refractivity contribution in [3.63, 3.8) is 0 Å². The van der Waals surface area contributed by atoms with E-state index in [1.165, 1.54) is 42.0 Å². The van der Waals surface area contributed by atoms with Crippen molar-refractivity contribution in [2.45, 2.75) is 6.54 Å². The van der Waals surface area contributed by atoms with Crippen LogP contribution in [-0.4, -0.2) is 29.3 Å². The second-order valence-electron chi connectivity index (χ2n) is 6.85. The SMILES string of the molecule is COC(=O)Cn1c(=NC(=O)c2ccc(C(=O)c3ccccc3)cc2)sc2cc(F)ccc21. The predicted octanol–water partition coefficient (Wildman–Crippen LogP) is 3.99. The first-order chi connectivity index (χ1) is 15.5. The number of methoxy groups -OCH3 is 1. The standard InChI is InChI=1S/C24H17FN2O4S/c1-31-21(28)14-27-19-12-11-18(25)13-20(19)32-24(27)26-23(30)17-9-7-16(8-10-17)22(29)15-5-3-2-4-6-15/h2-13H,14H2,1H3.